The monoisotopic (exact) mass is 1720 g/mol. The van der Waals surface area contributed by atoms with E-state index in [0.29, 0.717) is 62.6 Å². The van der Waals surface area contributed by atoms with Crippen molar-refractivity contribution in [1.29, 1.82) is 0 Å². The molecule has 4 aliphatic carbocycles. The SMILES string of the molecule is COC(=O)Cl.COC(=O)Nc1nn(CC(=O)C[C@@H](Cc2cc(F)cc(F)c2)c2nc(C#CC(C)(C)O)ccc2-c2ccc(Cl)c3c(CS(C)(=O)=O)nn(C)c23)c2c1[C@H]1C[C@H]1C2(F)F.Cn1nc(CS(C)(=O)=O)c2c(Cl)ccc(-c3ccc(C#CC(C)(C)O)nc3[C@@H](CC(=O)Cn3nc(N)c4c3C(F)(F)[C@@H]3C[C@H]43)Cc3cc(F)cc(F)c3)c21. The van der Waals surface area contributed by atoms with Crippen LogP contribution in [0.4, 0.5) is 56.3 Å². The molecule has 10 aromatic rings. The van der Waals surface area contributed by atoms with Gasteiger partial charge >= 0.3 is 11.5 Å². The van der Waals surface area contributed by atoms with Crippen molar-refractivity contribution in [3.8, 4) is 45.9 Å². The number of hydrogen-bond acceptors (Lipinski definition) is 19. The first-order valence-corrected chi connectivity index (χ1v) is 41.3. The van der Waals surface area contributed by atoms with Crippen molar-refractivity contribution in [2.75, 3.05) is 37.8 Å². The number of rotatable bonds is 21. The molecule has 4 aliphatic rings. The van der Waals surface area contributed by atoms with Gasteiger partial charge in [-0.2, -0.15) is 38.0 Å². The highest BCUT2D eigenvalue weighted by molar-refractivity contribution is 7.90. The lowest BCUT2D eigenvalue weighted by molar-refractivity contribution is -0.121. The number of carbonyl (C=O) groups excluding carboxylic acids is 4. The molecular weight excluding hydrogens is 1640 g/mol. The third-order valence-electron chi connectivity index (χ3n) is 19.9. The molecule has 2 saturated carbocycles. The number of Topliss-reactive ketones (excluding diaryl/α,β-unsaturated/α-hetero) is 2. The molecule has 2 fully saturated rings. The van der Waals surface area contributed by atoms with E-state index >= 15 is 17.6 Å². The largest absolute Gasteiger partial charge is 0.457 e. The topological polar surface area (TPSA) is 331 Å². The van der Waals surface area contributed by atoms with E-state index < -0.39 is 161 Å². The summed E-state index contributed by atoms with van der Waals surface area (Å²) in [5.41, 5.74) is 6.27. The number of nitrogens with two attached hydrogens (primary N) is 1. The van der Waals surface area contributed by atoms with Crippen LogP contribution >= 0.6 is 34.8 Å². The number of benzene rings is 4. The summed E-state index contributed by atoms with van der Waals surface area (Å²) < 4.78 is 183. The Morgan fingerprint density at radius 1 is 0.598 bits per heavy atom. The first-order valence-electron chi connectivity index (χ1n) is 36.0. The van der Waals surface area contributed by atoms with E-state index in [-0.39, 0.29) is 109 Å². The zero-order valence-electron chi connectivity index (χ0n) is 64.1. The van der Waals surface area contributed by atoms with E-state index in [0.717, 1.165) is 53.3 Å². The van der Waals surface area contributed by atoms with Crippen LogP contribution in [0, 0.1) is 58.8 Å². The number of amides is 1. The predicted molar refractivity (Wildman–Crippen MR) is 419 cm³/mol. The number of nitrogen functional groups attached to an aromatic ring is 1. The number of aliphatic hydroxyl groups is 2. The Morgan fingerprint density at radius 3 is 1.35 bits per heavy atom. The molecule has 0 spiro atoms. The molecule has 0 unspecified atom stereocenters. The van der Waals surface area contributed by atoms with Crippen molar-refractivity contribution in [2.45, 2.75) is 138 Å². The smallest absolute Gasteiger partial charge is 0.412 e. The van der Waals surface area contributed by atoms with Crippen molar-refractivity contribution in [2.24, 2.45) is 25.9 Å². The van der Waals surface area contributed by atoms with Crippen molar-refractivity contribution in [3.63, 3.8) is 0 Å². The highest BCUT2D eigenvalue weighted by Gasteiger charge is 2.68. The molecule has 6 atom stereocenters. The third kappa shape index (κ3) is 19.1. The summed E-state index contributed by atoms with van der Waals surface area (Å²) in [5, 5.41) is 41.5. The number of aromatic nitrogens is 10. The number of sulfone groups is 2. The number of methoxy groups -OCH3 is 2. The van der Waals surface area contributed by atoms with Crippen LogP contribution in [0.1, 0.15) is 145 Å². The average molecular weight is 1720 g/mol. The van der Waals surface area contributed by atoms with Gasteiger partial charge in [0.05, 0.1) is 69.6 Å². The maximum Gasteiger partial charge on any atom is 0.412 e. The fourth-order valence-electron chi connectivity index (χ4n) is 15.3. The Hall–Kier alpha value is -10.3. The van der Waals surface area contributed by atoms with Gasteiger partial charge in [-0.15, -0.1) is 0 Å². The van der Waals surface area contributed by atoms with Gasteiger partial charge in [0.15, 0.2) is 37.1 Å². The van der Waals surface area contributed by atoms with Gasteiger partial charge in [0, 0.05) is 131 Å². The highest BCUT2D eigenvalue weighted by Crippen LogP contribution is 2.69. The van der Waals surface area contributed by atoms with Crippen LogP contribution in [-0.2, 0) is 102 Å². The molecule has 4 aromatic carbocycles. The molecule has 37 heteroatoms. The normalized spacial score (nSPS) is 17.1. The fourth-order valence-corrected chi connectivity index (χ4v) is 17.2. The first-order chi connectivity index (χ1) is 54.6. The lowest BCUT2D eigenvalue weighted by Crippen LogP contribution is -2.24. The second-order valence-corrected chi connectivity index (χ2v) is 35.8. The molecule has 1 amide bonds. The Labute approximate surface area is 680 Å². The number of ketones is 2. The molecule has 616 valence electrons. The van der Waals surface area contributed by atoms with Crippen LogP contribution in [-0.4, -0.2) is 137 Å². The fraction of sp³-hybridized carbons (Fsp3) is 0.375. The lowest BCUT2D eigenvalue weighted by atomic mass is 9.86. The minimum atomic E-state index is -3.56. The maximum absolute atomic E-state index is 15.7. The molecule has 6 heterocycles. The number of ether oxygens (including phenoxy) is 2. The molecule has 0 bridgehead atoms. The van der Waals surface area contributed by atoms with E-state index in [2.05, 4.69) is 70.5 Å². The van der Waals surface area contributed by atoms with Crippen LogP contribution in [0.15, 0.2) is 84.9 Å². The van der Waals surface area contributed by atoms with Gasteiger partial charge in [-0.1, -0.05) is 47.2 Å². The Kier molecular flexibility index (Phi) is 23.9. The van der Waals surface area contributed by atoms with Crippen LogP contribution in [0.5, 0.6) is 0 Å². The third-order valence-corrected chi connectivity index (χ3v) is 22.3. The van der Waals surface area contributed by atoms with Gasteiger partial charge < -0.3 is 25.4 Å². The number of aryl methyl sites for hydroxylation is 2. The Morgan fingerprint density at radius 2 is 0.974 bits per heavy atom. The second-order valence-electron chi connectivity index (χ2n) is 30.4. The molecule has 117 heavy (non-hydrogen) atoms. The Bertz CT molecular complexity index is 6080. The summed E-state index contributed by atoms with van der Waals surface area (Å²) in [6, 6.07) is 18.9. The van der Waals surface area contributed by atoms with Gasteiger partial charge in [-0.25, -0.2) is 54.0 Å². The quantitative estimate of drug-likeness (QED) is 0.0295. The first kappa shape index (κ1) is 86.0. The maximum atomic E-state index is 15.7. The number of alkyl halides is 4. The summed E-state index contributed by atoms with van der Waals surface area (Å²) in [7, 11) is -1.53. The zero-order valence-corrected chi connectivity index (χ0v) is 68.0. The molecule has 0 aliphatic heterocycles. The van der Waals surface area contributed by atoms with Crippen LogP contribution in [0.2, 0.25) is 10.0 Å². The van der Waals surface area contributed by atoms with Gasteiger partial charge in [0.2, 0.25) is 0 Å². The predicted octanol–water partition coefficient (Wildman–Crippen LogP) is 14.0. The van der Waals surface area contributed by atoms with Crippen molar-refractivity contribution in [1.82, 2.24) is 49.1 Å². The Balaban J connectivity index is 0.000000204. The standard InChI is InChI=1S/C40H37ClF4N6O6S.C38H35ClF4N6O4S.C2H3ClO2/c1-39(2,54)11-10-24-6-7-26(27-8-9-30(41)33-31(19-58(5,55)56)48-50(3)35(27)33)34(46-24)21(12-20-13-22(42)16-23(43)14-20)15-25(52)18-51-36-32(28-17-29(28)40(36,44)45)37(49-51)47-38(53)57-4;1-37(2,51)10-9-23-5-6-25(26-7-8-29(39)32-30(18-54(4,52)53)46-48(3)34(26)32)33(45-23)20(11-19-12-21(40)15-22(41)13-19)14-24(50)17-49-35-31(36(44)47-49)27-16-28(27)38(35,42)43;1-5-2(3)4/h6-9,13-14,16,21,28-29,54H,12,15,17-19H2,1-5H3,(H,47,49,53);5-8,12-13,15,20,27-28,51H,11,14,16-18H2,1-4H3,(H2,44,47);1H3/t21-,28+,29-;20-,27+,28-;/m11./s1. The summed E-state index contributed by atoms with van der Waals surface area (Å²) in [5.74, 6) is -5.79. The van der Waals surface area contributed by atoms with E-state index in [1.54, 1.807) is 62.6 Å². The van der Waals surface area contributed by atoms with Crippen molar-refractivity contribution in [3.05, 3.63) is 186 Å². The average Bonchev–Trinajstić information content (AvgIpc) is 1.53. The number of hydrogen-bond donors (Lipinski definition) is 4. The number of halogens is 11. The lowest BCUT2D eigenvalue weighted by Gasteiger charge is -2.22. The molecule has 24 nitrogen and oxygen atoms in total. The van der Waals surface area contributed by atoms with Crippen LogP contribution in [0.3, 0.4) is 0 Å². The van der Waals surface area contributed by atoms with Gasteiger partial charge in [0.1, 0.15) is 76.2 Å². The van der Waals surface area contributed by atoms with Gasteiger partial charge in [-0.05, 0) is 149 Å². The van der Waals surface area contributed by atoms with E-state index in [1.807, 2.05) is 0 Å². The zero-order chi connectivity index (χ0) is 85.4. The van der Waals surface area contributed by atoms with E-state index in [1.165, 1.54) is 44.2 Å². The van der Waals surface area contributed by atoms with Crippen LogP contribution < -0.4 is 11.1 Å². The summed E-state index contributed by atoms with van der Waals surface area (Å²) in [4.78, 5) is 59.3. The van der Waals surface area contributed by atoms with Crippen molar-refractivity contribution >= 4 is 111 Å². The molecule has 0 radical (unpaired) electrons. The number of nitrogens with zero attached hydrogens (tertiary/aromatic N) is 10. The summed E-state index contributed by atoms with van der Waals surface area (Å²) in [6.07, 6.45) is 0.662. The number of nitrogens with one attached hydrogen (secondary N) is 1. The van der Waals surface area contributed by atoms with Gasteiger partial charge in [0.25, 0.3) is 11.8 Å². The molecule has 0 saturated heterocycles. The van der Waals surface area contributed by atoms with E-state index in [4.69, 9.17) is 38.9 Å². The molecule has 6 aromatic heterocycles. The number of anilines is 2. The number of fused-ring (bicyclic) bond motifs is 8. The highest BCUT2D eigenvalue weighted by atomic mass is 35.5. The van der Waals surface area contributed by atoms with E-state index in [9.17, 15) is 63.8 Å². The second kappa shape index (κ2) is 32.5. The number of carbonyl (C=O) groups is 4. The van der Waals surface area contributed by atoms with Crippen LogP contribution in [0.25, 0.3) is 44.1 Å². The summed E-state index contributed by atoms with van der Waals surface area (Å²) >= 11 is 17.9. The van der Waals surface area contributed by atoms with Gasteiger partial charge in [-0.3, -0.25) is 33.6 Å². The minimum absolute atomic E-state index is 0.0468. The van der Waals surface area contributed by atoms with Crippen molar-refractivity contribution < 1.29 is 90.8 Å². The minimum Gasteiger partial charge on any atom is -0.457 e. The molecule has 14 rings (SSSR count). The number of pyridine rings is 2. The summed E-state index contributed by atoms with van der Waals surface area (Å²) in [6.45, 7) is 4.73. The molecule has 5 N–H and O–H groups in total. The molecular formula is C80H75Cl3F8N12O12S2.